The normalized spacial score (nSPS) is 33.1. The summed E-state index contributed by atoms with van der Waals surface area (Å²) in [7, 11) is 1.79. The van der Waals surface area contributed by atoms with Crippen LogP contribution in [0.1, 0.15) is 26.7 Å². The molecule has 0 aromatic heterocycles. The van der Waals surface area contributed by atoms with Gasteiger partial charge in [0, 0.05) is 25.8 Å². The molecule has 0 spiro atoms. The zero-order chi connectivity index (χ0) is 11.9. The van der Waals surface area contributed by atoms with Gasteiger partial charge < -0.3 is 9.80 Å². The fourth-order valence-corrected chi connectivity index (χ4v) is 3.84. The lowest BCUT2D eigenvalue weighted by molar-refractivity contribution is -0.142. The Morgan fingerprint density at radius 1 is 1.69 bits per heavy atom. The van der Waals surface area contributed by atoms with Crippen molar-refractivity contribution in [2.24, 2.45) is 0 Å². The van der Waals surface area contributed by atoms with E-state index >= 15 is 0 Å². The third-order valence-corrected chi connectivity index (χ3v) is 5.09. The summed E-state index contributed by atoms with van der Waals surface area (Å²) in [6.45, 7) is 4.71. The summed E-state index contributed by atoms with van der Waals surface area (Å²) in [5.41, 5.74) is 0. The first-order valence-corrected chi connectivity index (χ1v) is 6.69. The van der Waals surface area contributed by atoms with Crippen molar-refractivity contribution in [1.29, 1.82) is 0 Å². The Labute approximate surface area is 100 Å². The van der Waals surface area contributed by atoms with Gasteiger partial charge in [0.15, 0.2) is 0 Å². The van der Waals surface area contributed by atoms with Crippen molar-refractivity contribution in [2.45, 2.75) is 37.6 Å². The van der Waals surface area contributed by atoms with E-state index in [2.05, 4.69) is 6.92 Å². The molecule has 0 saturated carbocycles. The van der Waals surface area contributed by atoms with E-state index < -0.39 is 0 Å². The van der Waals surface area contributed by atoms with Gasteiger partial charge in [-0.1, -0.05) is 0 Å². The van der Waals surface area contributed by atoms with Crippen LogP contribution in [0.25, 0.3) is 0 Å². The number of likely N-dealkylation sites (N-methyl/N-ethyl adjacent to an activating group) is 1. The second-order valence-electron chi connectivity index (χ2n) is 4.62. The topological polar surface area (TPSA) is 40.6 Å². The van der Waals surface area contributed by atoms with Crippen molar-refractivity contribution in [3.8, 4) is 0 Å². The summed E-state index contributed by atoms with van der Waals surface area (Å²) in [5.74, 6) is 0.954. The molecule has 90 valence electrons. The molecule has 0 N–H and O–H groups in total. The summed E-state index contributed by atoms with van der Waals surface area (Å²) in [4.78, 5) is 27.3. The molecule has 2 aliphatic heterocycles. The molecule has 2 heterocycles. The minimum atomic E-state index is -0.241. The maximum atomic E-state index is 12.1. The van der Waals surface area contributed by atoms with Gasteiger partial charge >= 0.3 is 0 Å². The molecule has 0 radical (unpaired) electrons. The van der Waals surface area contributed by atoms with Gasteiger partial charge in [-0.2, -0.15) is 0 Å². The Bertz CT molecular complexity index is 334. The number of amides is 2. The van der Waals surface area contributed by atoms with Crippen molar-refractivity contribution in [2.75, 3.05) is 19.3 Å². The Morgan fingerprint density at radius 3 is 3.00 bits per heavy atom. The van der Waals surface area contributed by atoms with Gasteiger partial charge in [-0.05, 0) is 20.3 Å². The molecule has 2 saturated heterocycles. The van der Waals surface area contributed by atoms with Crippen LogP contribution in [0, 0.1) is 0 Å². The van der Waals surface area contributed by atoms with Crippen LogP contribution in [-0.4, -0.2) is 51.9 Å². The van der Waals surface area contributed by atoms with Gasteiger partial charge in [-0.15, -0.1) is 11.8 Å². The minimum Gasteiger partial charge on any atom is -0.344 e. The summed E-state index contributed by atoms with van der Waals surface area (Å²) in [6, 6.07) is -0.241. The van der Waals surface area contributed by atoms with Gasteiger partial charge in [-0.25, -0.2) is 0 Å². The van der Waals surface area contributed by atoms with Gasteiger partial charge in [0.25, 0.3) is 0 Å². The van der Waals surface area contributed by atoms with Crippen molar-refractivity contribution >= 4 is 23.6 Å². The van der Waals surface area contributed by atoms with Crippen molar-refractivity contribution in [3.63, 3.8) is 0 Å². The Kier molecular flexibility index (Phi) is 2.90. The monoisotopic (exact) mass is 242 g/mol. The van der Waals surface area contributed by atoms with E-state index in [1.807, 2.05) is 11.8 Å². The summed E-state index contributed by atoms with van der Waals surface area (Å²) >= 11 is 1.74. The van der Waals surface area contributed by atoms with Gasteiger partial charge in [-0.3, -0.25) is 9.59 Å². The number of fused-ring (bicyclic) bond motifs is 1. The van der Waals surface area contributed by atoms with Crippen LogP contribution in [0.4, 0.5) is 0 Å². The SMILES string of the molecule is CCN(C)C(=O)[C@H]1CS[C@]2(C)CCC(=O)N12. The molecule has 2 atom stereocenters. The van der Waals surface area contributed by atoms with Crippen LogP contribution in [0.5, 0.6) is 0 Å². The molecule has 2 rings (SSSR count). The van der Waals surface area contributed by atoms with E-state index in [1.54, 1.807) is 23.7 Å². The molecule has 0 bridgehead atoms. The highest BCUT2D eigenvalue weighted by atomic mass is 32.2. The Hall–Kier alpha value is -0.710. The first-order valence-electron chi connectivity index (χ1n) is 5.70. The second-order valence-corrected chi connectivity index (χ2v) is 6.12. The summed E-state index contributed by atoms with van der Waals surface area (Å²) in [6.07, 6.45) is 1.46. The molecule has 0 aromatic carbocycles. The summed E-state index contributed by atoms with van der Waals surface area (Å²) in [5, 5.41) is 0. The number of rotatable bonds is 2. The van der Waals surface area contributed by atoms with Crippen molar-refractivity contribution in [1.82, 2.24) is 9.80 Å². The number of hydrogen-bond acceptors (Lipinski definition) is 3. The highest BCUT2D eigenvalue weighted by molar-refractivity contribution is 8.01. The van der Waals surface area contributed by atoms with Crippen LogP contribution in [-0.2, 0) is 9.59 Å². The number of nitrogens with zero attached hydrogens (tertiary/aromatic N) is 2. The van der Waals surface area contributed by atoms with Crippen LogP contribution in [0.15, 0.2) is 0 Å². The molecule has 0 unspecified atom stereocenters. The van der Waals surface area contributed by atoms with Gasteiger partial charge in [0.1, 0.15) is 6.04 Å². The van der Waals surface area contributed by atoms with Crippen molar-refractivity contribution < 1.29 is 9.59 Å². The fourth-order valence-electron chi connectivity index (χ4n) is 2.41. The predicted octanol–water partition coefficient (Wildman–Crippen LogP) is 0.919. The predicted molar refractivity (Wildman–Crippen MR) is 64.0 cm³/mol. The molecular formula is C11H18N2O2S. The maximum absolute atomic E-state index is 12.1. The van der Waals surface area contributed by atoms with Gasteiger partial charge in [0.2, 0.25) is 11.8 Å². The number of hydrogen-bond donors (Lipinski definition) is 0. The molecule has 2 fully saturated rings. The van der Waals surface area contributed by atoms with Crippen molar-refractivity contribution in [3.05, 3.63) is 0 Å². The lowest BCUT2D eigenvalue weighted by atomic mass is 10.2. The molecule has 2 amide bonds. The smallest absolute Gasteiger partial charge is 0.246 e. The fraction of sp³-hybridized carbons (Fsp3) is 0.818. The van der Waals surface area contributed by atoms with E-state index in [-0.39, 0.29) is 22.7 Å². The average molecular weight is 242 g/mol. The average Bonchev–Trinajstić information content (AvgIpc) is 2.75. The van der Waals surface area contributed by atoms with Gasteiger partial charge in [0.05, 0.1) is 4.87 Å². The second kappa shape index (κ2) is 3.95. The van der Waals surface area contributed by atoms with E-state index in [1.165, 1.54) is 0 Å². The first kappa shape index (κ1) is 11.8. The van der Waals surface area contributed by atoms with E-state index in [9.17, 15) is 9.59 Å². The molecule has 4 nitrogen and oxygen atoms in total. The number of thioether (sulfide) groups is 1. The lowest BCUT2D eigenvalue weighted by Crippen LogP contribution is -2.50. The first-order chi connectivity index (χ1) is 7.49. The highest BCUT2D eigenvalue weighted by Gasteiger charge is 2.53. The molecule has 0 aliphatic carbocycles. The molecular weight excluding hydrogens is 224 g/mol. The standard InChI is InChI=1S/C11H18N2O2S/c1-4-12(3)10(15)8-7-16-11(2)6-5-9(14)13(8)11/h8H,4-7H2,1-3H3/t8-,11-/m1/s1. The van der Waals surface area contributed by atoms with E-state index in [0.29, 0.717) is 13.0 Å². The molecule has 16 heavy (non-hydrogen) atoms. The largest absolute Gasteiger partial charge is 0.344 e. The third-order valence-electron chi connectivity index (χ3n) is 3.58. The zero-order valence-electron chi connectivity index (χ0n) is 10.0. The lowest BCUT2D eigenvalue weighted by Gasteiger charge is -2.31. The Morgan fingerprint density at radius 2 is 2.38 bits per heavy atom. The Balaban J connectivity index is 2.19. The van der Waals surface area contributed by atoms with Crippen LogP contribution in [0.3, 0.4) is 0 Å². The zero-order valence-corrected chi connectivity index (χ0v) is 10.8. The van der Waals surface area contributed by atoms with E-state index in [4.69, 9.17) is 0 Å². The third kappa shape index (κ3) is 1.61. The van der Waals surface area contributed by atoms with Crippen LogP contribution < -0.4 is 0 Å². The number of carbonyl (C=O) groups is 2. The minimum absolute atomic E-state index is 0.0778. The quantitative estimate of drug-likeness (QED) is 0.723. The highest BCUT2D eigenvalue weighted by Crippen LogP contribution is 2.47. The van der Waals surface area contributed by atoms with E-state index in [0.717, 1.165) is 12.2 Å². The van der Waals surface area contributed by atoms with Crippen LogP contribution in [0.2, 0.25) is 0 Å². The van der Waals surface area contributed by atoms with Crippen LogP contribution >= 0.6 is 11.8 Å². The molecule has 5 heteroatoms. The number of carbonyl (C=O) groups excluding carboxylic acids is 2. The molecule has 0 aromatic rings. The maximum Gasteiger partial charge on any atom is 0.246 e. The molecule has 2 aliphatic rings. The summed E-state index contributed by atoms with van der Waals surface area (Å²) < 4.78 is 0.